The number of nitrogens with zero attached hydrogens (tertiary/aromatic N) is 4. The Morgan fingerprint density at radius 2 is 2.14 bits per heavy atom. The predicted molar refractivity (Wildman–Crippen MR) is 105 cm³/mol. The second-order valence-electron chi connectivity index (χ2n) is 6.60. The van der Waals surface area contributed by atoms with Gasteiger partial charge in [0.05, 0.1) is 36.3 Å². The Bertz CT molecular complexity index is 1130. The Balaban J connectivity index is 1.87. The highest BCUT2D eigenvalue weighted by Gasteiger charge is 2.19. The first-order valence-corrected chi connectivity index (χ1v) is 9.01. The lowest BCUT2D eigenvalue weighted by Crippen LogP contribution is -2.03. The summed E-state index contributed by atoms with van der Waals surface area (Å²) in [5.41, 5.74) is 9.74. The average molecular weight is 380 g/mol. The minimum Gasteiger partial charge on any atom is -0.496 e. The number of hydrogen-bond donors (Lipinski definition) is 2. The molecule has 1 aromatic carbocycles. The monoisotopic (exact) mass is 380 g/mol. The van der Waals surface area contributed by atoms with Crippen LogP contribution in [0.25, 0.3) is 33.4 Å². The zero-order valence-corrected chi connectivity index (χ0v) is 15.7. The number of nitrogens with one attached hydrogen (secondary N) is 1. The van der Waals surface area contributed by atoms with E-state index in [2.05, 4.69) is 20.3 Å². The van der Waals surface area contributed by atoms with Crippen LogP contribution >= 0.6 is 0 Å². The van der Waals surface area contributed by atoms with Crippen molar-refractivity contribution in [3.05, 3.63) is 48.2 Å². The lowest BCUT2D eigenvalue weighted by molar-refractivity contribution is 0.407. The minimum absolute atomic E-state index is 0.345. The SMILES string of the molecule is COc1c(CCCN)ccc(F)c1-c1cc2c(-c3cnn(C)c3)n[nH]c2cn1. The molecule has 4 aromatic rings. The van der Waals surface area contributed by atoms with Crippen molar-refractivity contribution in [1.29, 1.82) is 0 Å². The van der Waals surface area contributed by atoms with Crippen LogP contribution in [0.1, 0.15) is 12.0 Å². The third kappa shape index (κ3) is 3.11. The third-order valence-corrected chi connectivity index (χ3v) is 4.72. The summed E-state index contributed by atoms with van der Waals surface area (Å²) < 4.78 is 22.1. The topological polar surface area (TPSA) is 94.6 Å². The standard InChI is InChI=1S/C20H21FN6O/c1-27-11-13(9-24-27)19-14-8-16(23-10-17(14)25-26-19)18-15(21)6-5-12(4-3-7-22)20(18)28-2/h5-6,8-11H,3-4,7,22H2,1-2H3,(H,25,26). The summed E-state index contributed by atoms with van der Waals surface area (Å²) in [4.78, 5) is 4.44. The maximum Gasteiger partial charge on any atom is 0.136 e. The Kier molecular flexibility index (Phi) is 4.79. The molecule has 4 rings (SSSR count). The molecule has 0 spiro atoms. The fourth-order valence-corrected chi connectivity index (χ4v) is 3.38. The van der Waals surface area contributed by atoms with E-state index in [0.717, 1.165) is 34.1 Å². The summed E-state index contributed by atoms with van der Waals surface area (Å²) in [6.45, 7) is 0.559. The molecule has 0 radical (unpaired) electrons. The lowest BCUT2D eigenvalue weighted by Gasteiger charge is -2.14. The van der Waals surface area contributed by atoms with Gasteiger partial charge in [0.15, 0.2) is 0 Å². The highest BCUT2D eigenvalue weighted by atomic mass is 19.1. The van der Waals surface area contributed by atoms with Crippen molar-refractivity contribution in [1.82, 2.24) is 25.0 Å². The molecule has 144 valence electrons. The summed E-state index contributed by atoms with van der Waals surface area (Å²) in [7, 11) is 3.39. The van der Waals surface area contributed by atoms with Gasteiger partial charge in [0.25, 0.3) is 0 Å². The first kappa shape index (κ1) is 18.1. The zero-order chi connectivity index (χ0) is 19.7. The lowest BCUT2D eigenvalue weighted by atomic mass is 10.00. The van der Waals surface area contributed by atoms with Crippen LogP contribution in [0.4, 0.5) is 4.39 Å². The number of benzene rings is 1. The van der Waals surface area contributed by atoms with Gasteiger partial charge in [-0.2, -0.15) is 10.2 Å². The van der Waals surface area contributed by atoms with Crippen LogP contribution in [0.15, 0.2) is 36.8 Å². The van der Waals surface area contributed by atoms with Crippen LogP contribution in [-0.4, -0.2) is 38.6 Å². The smallest absolute Gasteiger partial charge is 0.136 e. The van der Waals surface area contributed by atoms with Gasteiger partial charge in [-0.05, 0) is 37.1 Å². The van der Waals surface area contributed by atoms with Crippen molar-refractivity contribution in [3.8, 4) is 28.3 Å². The largest absolute Gasteiger partial charge is 0.496 e. The highest BCUT2D eigenvalue weighted by Crippen LogP contribution is 2.37. The van der Waals surface area contributed by atoms with Crippen LogP contribution < -0.4 is 10.5 Å². The van der Waals surface area contributed by atoms with Crippen molar-refractivity contribution in [3.63, 3.8) is 0 Å². The number of methoxy groups -OCH3 is 1. The van der Waals surface area contributed by atoms with Crippen LogP contribution in [0.2, 0.25) is 0 Å². The number of aromatic nitrogens is 5. The van der Waals surface area contributed by atoms with E-state index in [0.29, 0.717) is 30.0 Å². The molecule has 28 heavy (non-hydrogen) atoms. The number of H-pyrrole nitrogens is 1. The molecule has 0 saturated carbocycles. The maximum absolute atomic E-state index is 14.8. The fourth-order valence-electron chi connectivity index (χ4n) is 3.38. The van der Waals surface area contributed by atoms with E-state index in [9.17, 15) is 4.39 Å². The summed E-state index contributed by atoms with van der Waals surface area (Å²) in [6, 6.07) is 5.02. The number of pyridine rings is 1. The van der Waals surface area contributed by atoms with E-state index in [1.165, 1.54) is 6.07 Å². The van der Waals surface area contributed by atoms with Gasteiger partial charge in [-0.25, -0.2) is 4.39 Å². The van der Waals surface area contributed by atoms with Crippen molar-refractivity contribution in [2.45, 2.75) is 12.8 Å². The highest BCUT2D eigenvalue weighted by molar-refractivity contribution is 5.94. The van der Waals surface area contributed by atoms with E-state index in [1.807, 2.05) is 19.3 Å². The summed E-state index contributed by atoms with van der Waals surface area (Å²) in [5.74, 6) is 0.110. The Morgan fingerprint density at radius 3 is 2.86 bits per heavy atom. The fraction of sp³-hybridized carbons (Fsp3) is 0.250. The van der Waals surface area contributed by atoms with Crippen LogP contribution in [-0.2, 0) is 13.5 Å². The second-order valence-corrected chi connectivity index (χ2v) is 6.60. The summed E-state index contributed by atoms with van der Waals surface area (Å²) in [6.07, 6.45) is 6.78. The molecular weight excluding hydrogens is 359 g/mol. The molecule has 3 heterocycles. The molecule has 0 atom stereocenters. The van der Waals surface area contributed by atoms with Gasteiger partial charge >= 0.3 is 0 Å². The molecule has 0 fully saturated rings. The summed E-state index contributed by atoms with van der Waals surface area (Å²) in [5, 5.41) is 12.4. The van der Waals surface area contributed by atoms with Gasteiger partial charge in [-0.15, -0.1) is 0 Å². The maximum atomic E-state index is 14.8. The number of halogens is 1. The number of hydrogen-bond acceptors (Lipinski definition) is 5. The number of aromatic amines is 1. The predicted octanol–water partition coefficient (Wildman–Crippen LogP) is 3.06. The molecule has 0 bridgehead atoms. The Labute approximate surface area is 161 Å². The van der Waals surface area contributed by atoms with Gasteiger partial charge in [-0.3, -0.25) is 14.8 Å². The molecule has 0 aliphatic heterocycles. The molecule has 3 N–H and O–H groups in total. The van der Waals surface area contributed by atoms with E-state index < -0.39 is 0 Å². The molecule has 7 nitrogen and oxygen atoms in total. The molecule has 8 heteroatoms. The van der Waals surface area contributed by atoms with Gasteiger partial charge in [-0.1, -0.05) is 6.07 Å². The molecular formula is C20H21FN6O. The van der Waals surface area contributed by atoms with E-state index >= 15 is 0 Å². The van der Waals surface area contributed by atoms with Crippen LogP contribution in [0.3, 0.4) is 0 Å². The van der Waals surface area contributed by atoms with E-state index in [4.69, 9.17) is 10.5 Å². The quantitative estimate of drug-likeness (QED) is 0.536. The van der Waals surface area contributed by atoms with E-state index in [1.54, 1.807) is 30.3 Å². The number of rotatable bonds is 6. The summed E-state index contributed by atoms with van der Waals surface area (Å²) >= 11 is 0. The van der Waals surface area contributed by atoms with Crippen molar-refractivity contribution in [2.24, 2.45) is 12.8 Å². The van der Waals surface area contributed by atoms with E-state index in [-0.39, 0.29) is 5.82 Å². The normalized spacial score (nSPS) is 11.3. The Hall–Kier alpha value is -3.26. The minimum atomic E-state index is -0.383. The molecule has 0 saturated heterocycles. The van der Waals surface area contributed by atoms with Gasteiger partial charge in [0, 0.05) is 24.2 Å². The molecule has 0 aliphatic carbocycles. The van der Waals surface area contributed by atoms with Gasteiger partial charge in [0.1, 0.15) is 17.3 Å². The second kappa shape index (κ2) is 7.40. The van der Waals surface area contributed by atoms with Crippen LogP contribution in [0, 0.1) is 5.82 Å². The average Bonchev–Trinajstić information content (AvgIpc) is 3.31. The van der Waals surface area contributed by atoms with Crippen LogP contribution in [0.5, 0.6) is 5.75 Å². The number of ether oxygens (including phenoxy) is 1. The Morgan fingerprint density at radius 1 is 1.29 bits per heavy atom. The first-order valence-electron chi connectivity index (χ1n) is 9.01. The van der Waals surface area contributed by atoms with Crippen molar-refractivity contribution < 1.29 is 9.13 Å². The van der Waals surface area contributed by atoms with Crippen molar-refractivity contribution >= 4 is 10.9 Å². The first-order chi connectivity index (χ1) is 13.6. The van der Waals surface area contributed by atoms with Gasteiger partial charge < -0.3 is 10.5 Å². The third-order valence-electron chi connectivity index (χ3n) is 4.72. The molecule has 0 amide bonds. The zero-order valence-electron chi connectivity index (χ0n) is 15.7. The van der Waals surface area contributed by atoms with Crippen molar-refractivity contribution in [2.75, 3.05) is 13.7 Å². The molecule has 3 aromatic heterocycles. The molecule has 0 unspecified atom stereocenters. The molecule has 0 aliphatic rings. The number of aryl methyl sites for hydroxylation is 2. The van der Waals surface area contributed by atoms with Gasteiger partial charge in [0.2, 0.25) is 0 Å². The number of nitrogens with two attached hydrogens (primary N) is 1. The number of fused-ring (bicyclic) bond motifs is 1.